The average Bonchev–Trinajstić information content (AvgIpc) is 2.58. The second kappa shape index (κ2) is 9.08. The van der Waals surface area contributed by atoms with Gasteiger partial charge in [-0.2, -0.15) is 0 Å². The van der Waals surface area contributed by atoms with Crippen LogP contribution >= 0.6 is 15.9 Å². The van der Waals surface area contributed by atoms with Gasteiger partial charge in [0.05, 0.1) is 12.2 Å². The molecule has 0 aliphatic carbocycles. The van der Waals surface area contributed by atoms with Crippen molar-refractivity contribution in [2.24, 2.45) is 0 Å². The van der Waals surface area contributed by atoms with Crippen LogP contribution in [0.5, 0.6) is 5.75 Å². The lowest BCUT2D eigenvalue weighted by Gasteiger charge is -2.09. The highest BCUT2D eigenvalue weighted by Crippen LogP contribution is 2.18. The summed E-state index contributed by atoms with van der Waals surface area (Å²) in [4.78, 5) is 23.8. The molecule has 0 aliphatic heterocycles. The van der Waals surface area contributed by atoms with E-state index in [1.807, 2.05) is 19.1 Å². The number of carbonyl (C=O) groups is 2. The lowest BCUT2D eigenvalue weighted by atomic mass is 10.2. The van der Waals surface area contributed by atoms with Crippen molar-refractivity contribution in [2.75, 3.05) is 18.5 Å². The molecule has 0 atom stereocenters. The lowest BCUT2D eigenvalue weighted by Crippen LogP contribution is -2.20. The van der Waals surface area contributed by atoms with Crippen molar-refractivity contribution in [1.29, 1.82) is 0 Å². The number of esters is 1. The lowest BCUT2D eigenvalue weighted by molar-refractivity contribution is -0.118. The van der Waals surface area contributed by atoms with Crippen LogP contribution in [0.25, 0.3) is 0 Å². The van der Waals surface area contributed by atoms with Gasteiger partial charge in [-0.05, 0) is 42.8 Å². The second-order valence-corrected chi connectivity index (χ2v) is 5.93. The number of nitrogens with one attached hydrogen (secondary N) is 1. The molecule has 0 aromatic heterocycles. The molecular formula is C18H18BrNO4. The minimum atomic E-state index is -0.404. The first-order chi connectivity index (χ1) is 11.6. The summed E-state index contributed by atoms with van der Waals surface area (Å²) < 4.78 is 11.4. The van der Waals surface area contributed by atoms with E-state index in [1.165, 1.54) is 0 Å². The largest absolute Gasteiger partial charge is 0.484 e. The van der Waals surface area contributed by atoms with Gasteiger partial charge >= 0.3 is 5.97 Å². The predicted octanol–water partition coefficient (Wildman–Crippen LogP) is 4.03. The number of carbonyl (C=O) groups excluding carboxylic acids is 2. The van der Waals surface area contributed by atoms with Gasteiger partial charge in [-0.1, -0.05) is 35.0 Å². The van der Waals surface area contributed by atoms with E-state index in [1.54, 1.807) is 36.4 Å². The van der Waals surface area contributed by atoms with Crippen molar-refractivity contribution in [1.82, 2.24) is 0 Å². The molecule has 2 aromatic rings. The van der Waals surface area contributed by atoms with Crippen LogP contribution in [0.15, 0.2) is 53.0 Å². The monoisotopic (exact) mass is 391 g/mol. The number of rotatable bonds is 7. The van der Waals surface area contributed by atoms with Gasteiger partial charge in [0.25, 0.3) is 5.91 Å². The van der Waals surface area contributed by atoms with Crippen molar-refractivity contribution in [3.63, 3.8) is 0 Å². The van der Waals surface area contributed by atoms with E-state index in [-0.39, 0.29) is 12.5 Å². The molecule has 0 fully saturated rings. The molecule has 2 rings (SSSR count). The number of amides is 1. The van der Waals surface area contributed by atoms with Crippen molar-refractivity contribution >= 4 is 33.5 Å². The maximum absolute atomic E-state index is 12.0. The molecule has 2 aromatic carbocycles. The molecule has 0 heterocycles. The van der Waals surface area contributed by atoms with Crippen LogP contribution in [0.4, 0.5) is 5.69 Å². The summed E-state index contributed by atoms with van der Waals surface area (Å²) in [5, 5.41) is 2.69. The topological polar surface area (TPSA) is 64.6 Å². The van der Waals surface area contributed by atoms with Crippen LogP contribution in [0.3, 0.4) is 0 Å². The highest BCUT2D eigenvalue weighted by atomic mass is 79.9. The third-order valence-electron chi connectivity index (χ3n) is 2.99. The van der Waals surface area contributed by atoms with Gasteiger partial charge in [0.2, 0.25) is 0 Å². The molecule has 0 aliphatic rings. The molecule has 6 heteroatoms. The zero-order chi connectivity index (χ0) is 17.4. The quantitative estimate of drug-likeness (QED) is 0.723. The SMILES string of the molecule is CCCOC(=O)c1cccc(NC(=O)COc2cccc(Br)c2)c1. The van der Waals surface area contributed by atoms with Gasteiger partial charge in [-0.15, -0.1) is 0 Å². The Balaban J connectivity index is 1.90. The molecule has 24 heavy (non-hydrogen) atoms. The van der Waals surface area contributed by atoms with E-state index >= 15 is 0 Å². The first-order valence-corrected chi connectivity index (χ1v) is 8.33. The van der Waals surface area contributed by atoms with Crippen molar-refractivity contribution in [3.05, 3.63) is 58.6 Å². The first kappa shape index (κ1) is 18.0. The first-order valence-electron chi connectivity index (χ1n) is 7.54. The summed E-state index contributed by atoms with van der Waals surface area (Å²) in [6.45, 7) is 2.17. The van der Waals surface area contributed by atoms with E-state index < -0.39 is 5.97 Å². The third-order valence-corrected chi connectivity index (χ3v) is 3.48. The van der Waals surface area contributed by atoms with E-state index in [9.17, 15) is 9.59 Å². The fraction of sp³-hybridized carbons (Fsp3) is 0.222. The molecule has 0 unspecified atom stereocenters. The standard InChI is InChI=1S/C18H18BrNO4/c1-2-9-23-18(22)13-5-3-7-15(10-13)20-17(21)12-24-16-8-4-6-14(19)11-16/h3-8,10-11H,2,9,12H2,1H3,(H,20,21). The van der Waals surface area contributed by atoms with Crippen molar-refractivity contribution in [2.45, 2.75) is 13.3 Å². The number of benzene rings is 2. The number of anilines is 1. The van der Waals surface area contributed by atoms with Crippen LogP contribution < -0.4 is 10.1 Å². The normalized spacial score (nSPS) is 10.1. The van der Waals surface area contributed by atoms with Gasteiger partial charge < -0.3 is 14.8 Å². The highest BCUT2D eigenvalue weighted by molar-refractivity contribution is 9.10. The van der Waals surface area contributed by atoms with Crippen LogP contribution in [-0.2, 0) is 9.53 Å². The third kappa shape index (κ3) is 5.70. The Morgan fingerprint density at radius 3 is 2.67 bits per heavy atom. The minimum absolute atomic E-state index is 0.124. The number of hydrogen-bond donors (Lipinski definition) is 1. The Labute approximate surface area is 149 Å². The van der Waals surface area contributed by atoms with Crippen molar-refractivity contribution < 1.29 is 19.1 Å². The van der Waals surface area contributed by atoms with Gasteiger partial charge in [-0.3, -0.25) is 4.79 Å². The Morgan fingerprint density at radius 1 is 1.12 bits per heavy atom. The van der Waals surface area contributed by atoms with Crippen LogP contribution in [0, 0.1) is 0 Å². The fourth-order valence-corrected chi connectivity index (χ4v) is 2.28. The Morgan fingerprint density at radius 2 is 1.92 bits per heavy atom. The van der Waals surface area contributed by atoms with E-state index in [0.717, 1.165) is 10.9 Å². The summed E-state index contributed by atoms with van der Waals surface area (Å²) in [5.41, 5.74) is 0.915. The molecule has 0 bridgehead atoms. The van der Waals surface area contributed by atoms with E-state index in [2.05, 4.69) is 21.2 Å². The van der Waals surface area contributed by atoms with E-state index in [0.29, 0.717) is 23.6 Å². The van der Waals surface area contributed by atoms with E-state index in [4.69, 9.17) is 9.47 Å². The van der Waals surface area contributed by atoms with Crippen LogP contribution in [0.2, 0.25) is 0 Å². The maximum Gasteiger partial charge on any atom is 0.338 e. The van der Waals surface area contributed by atoms with Crippen molar-refractivity contribution in [3.8, 4) is 5.75 Å². The summed E-state index contributed by atoms with van der Waals surface area (Å²) in [6, 6.07) is 13.8. The molecule has 126 valence electrons. The number of hydrogen-bond acceptors (Lipinski definition) is 4. The van der Waals surface area contributed by atoms with Gasteiger partial charge in [-0.25, -0.2) is 4.79 Å². The number of halogens is 1. The van der Waals surface area contributed by atoms with Gasteiger partial charge in [0.15, 0.2) is 6.61 Å². The number of ether oxygens (including phenoxy) is 2. The Kier molecular flexibility index (Phi) is 6.81. The zero-order valence-corrected chi connectivity index (χ0v) is 14.8. The Bertz CT molecular complexity index is 718. The zero-order valence-electron chi connectivity index (χ0n) is 13.3. The fourth-order valence-electron chi connectivity index (χ4n) is 1.90. The summed E-state index contributed by atoms with van der Waals surface area (Å²) >= 11 is 3.34. The maximum atomic E-state index is 12.0. The van der Waals surface area contributed by atoms with Gasteiger partial charge in [0.1, 0.15) is 5.75 Å². The highest BCUT2D eigenvalue weighted by Gasteiger charge is 2.09. The molecule has 1 N–H and O–H groups in total. The smallest absolute Gasteiger partial charge is 0.338 e. The van der Waals surface area contributed by atoms with Crippen LogP contribution in [-0.4, -0.2) is 25.1 Å². The molecular weight excluding hydrogens is 374 g/mol. The summed E-state index contributed by atoms with van der Waals surface area (Å²) in [6.07, 6.45) is 0.759. The summed E-state index contributed by atoms with van der Waals surface area (Å²) in [5.74, 6) is -0.121. The molecule has 0 spiro atoms. The van der Waals surface area contributed by atoms with Gasteiger partial charge in [0, 0.05) is 10.2 Å². The van der Waals surface area contributed by atoms with Crippen LogP contribution in [0.1, 0.15) is 23.7 Å². The predicted molar refractivity (Wildman–Crippen MR) is 95.3 cm³/mol. The molecule has 1 amide bonds. The second-order valence-electron chi connectivity index (χ2n) is 5.01. The Hall–Kier alpha value is -2.34. The molecule has 0 saturated heterocycles. The minimum Gasteiger partial charge on any atom is -0.484 e. The summed E-state index contributed by atoms with van der Waals surface area (Å²) in [7, 11) is 0. The molecule has 5 nitrogen and oxygen atoms in total. The molecule has 0 saturated carbocycles. The molecule has 0 radical (unpaired) electrons. The average molecular weight is 392 g/mol.